The molecule has 9 nitrogen and oxygen atoms in total. The number of amides is 1. The van der Waals surface area contributed by atoms with Crippen molar-refractivity contribution in [3.63, 3.8) is 0 Å². The Kier molecular flexibility index (Phi) is 6.89. The van der Waals surface area contributed by atoms with Gasteiger partial charge in [-0.25, -0.2) is 15.0 Å². The predicted octanol–water partition coefficient (Wildman–Crippen LogP) is 2.80. The molecule has 0 radical (unpaired) electrons. The molecule has 0 spiro atoms. The van der Waals surface area contributed by atoms with Crippen LogP contribution in [0.25, 0.3) is 11.2 Å². The molecule has 1 saturated heterocycles. The van der Waals surface area contributed by atoms with Gasteiger partial charge in [0.25, 0.3) is 0 Å². The van der Waals surface area contributed by atoms with E-state index in [1.807, 2.05) is 11.0 Å². The highest BCUT2D eigenvalue weighted by molar-refractivity contribution is 5.83. The van der Waals surface area contributed by atoms with Gasteiger partial charge in [-0.3, -0.25) is 4.79 Å². The van der Waals surface area contributed by atoms with Crippen LogP contribution in [-0.2, 0) is 17.8 Å². The van der Waals surface area contributed by atoms with Crippen LogP contribution in [0.2, 0.25) is 0 Å². The van der Waals surface area contributed by atoms with Gasteiger partial charge in [-0.2, -0.15) is 0 Å². The third kappa shape index (κ3) is 4.70. The molecule has 1 atom stereocenters. The normalized spacial score (nSPS) is 17.9. The maximum atomic E-state index is 12.8. The molecule has 2 aliphatic rings. The van der Waals surface area contributed by atoms with E-state index < -0.39 is 0 Å². The quantitative estimate of drug-likeness (QED) is 0.469. The van der Waals surface area contributed by atoms with Crippen LogP contribution in [0.1, 0.15) is 49.7 Å². The van der Waals surface area contributed by atoms with Crippen LogP contribution in [0.3, 0.4) is 0 Å². The first-order valence-electron chi connectivity index (χ1n) is 12.4. The van der Waals surface area contributed by atoms with Crippen molar-refractivity contribution in [3.8, 4) is 5.75 Å². The van der Waals surface area contributed by atoms with Gasteiger partial charge in [-0.05, 0) is 50.3 Å². The van der Waals surface area contributed by atoms with Crippen LogP contribution in [-0.4, -0.2) is 63.0 Å². The molecule has 34 heavy (non-hydrogen) atoms. The number of benzene rings is 1. The number of anilines is 1. The third-order valence-corrected chi connectivity index (χ3v) is 6.96. The molecule has 5 rings (SSSR count). The SMILES string of the molecule is NCCCCCC(=O)N1CCc2cccc(OC[C@H]3CCCN3c3ncnc4nc[nH]c34)c2C1. The van der Waals surface area contributed by atoms with Crippen molar-refractivity contribution in [2.45, 2.75) is 57.5 Å². The molecule has 0 saturated carbocycles. The van der Waals surface area contributed by atoms with Gasteiger partial charge in [0.1, 0.15) is 24.2 Å². The Labute approximate surface area is 199 Å². The van der Waals surface area contributed by atoms with Gasteiger partial charge in [0, 0.05) is 31.6 Å². The second kappa shape index (κ2) is 10.4. The van der Waals surface area contributed by atoms with E-state index >= 15 is 0 Å². The molecule has 0 unspecified atom stereocenters. The van der Waals surface area contributed by atoms with Crippen LogP contribution < -0.4 is 15.4 Å². The minimum absolute atomic E-state index is 0.223. The number of fused-ring (bicyclic) bond motifs is 2. The number of H-pyrrole nitrogens is 1. The van der Waals surface area contributed by atoms with E-state index in [-0.39, 0.29) is 11.9 Å². The lowest BCUT2D eigenvalue weighted by molar-refractivity contribution is -0.132. The van der Waals surface area contributed by atoms with E-state index in [9.17, 15) is 4.79 Å². The predicted molar refractivity (Wildman–Crippen MR) is 131 cm³/mol. The van der Waals surface area contributed by atoms with Gasteiger partial charge < -0.3 is 25.3 Å². The van der Waals surface area contributed by atoms with E-state index in [1.54, 1.807) is 12.7 Å². The molecule has 1 aromatic carbocycles. The highest BCUT2D eigenvalue weighted by Crippen LogP contribution is 2.31. The van der Waals surface area contributed by atoms with Crippen molar-refractivity contribution in [1.29, 1.82) is 0 Å². The number of rotatable bonds is 9. The first kappa shape index (κ1) is 22.6. The Hall–Kier alpha value is -3.20. The number of ether oxygens (including phenoxy) is 1. The monoisotopic (exact) mass is 463 g/mol. The molecule has 2 aliphatic heterocycles. The molecular weight excluding hydrogens is 430 g/mol. The Morgan fingerprint density at radius 1 is 1.18 bits per heavy atom. The average Bonchev–Trinajstić information content (AvgIpc) is 3.54. The Bertz CT molecular complexity index is 1130. The topological polar surface area (TPSA) is 113 Å². The first-order chi connectivity index (χ1) is 16.7. The molecule has 1 fully saturated rings. The Morgan fingerprint density at radius 3 is 3.03 bits per heavy atom. The van der Waals surface area contributed by atoms with Gasteiger partial charge in [0.15, 0.2) is 11.5 Å². The van der Waals surface area contributed by atoms with Crippen molar-refractivity contribution in [2.24, 2.45) is 5.73 Å². The summed E-state index contributed by atoms with van der Waals surface area (Å²) >= 11 is 0. The van der Waals surface area contributed by atoms with E-state index in [1.165, 1.54) is 5.56 Å². The number of nitrogens with zero attached hydrogens (tertiary/aromatic N) is 5. The summed E-state index contributed by atoms with van der Waals surface area (Å²) in [5.41, 5.74) is 9.54. The number of hydrogen-bond acceptors (Lipinski definition) is 7. The highest BCUT2D eigenvalue weighted by atomic mass is 16.5. The summed E-state index contributed by atoms with van der Waals surface area (Å²) in [5.74, 6) is 2.00. The third-order valence-electron chi connectivity index (χ3n) is 6.96. The molecule has 2 aromatic heterocycles. The molecular formula is C25H33N7O2. The number of aromatic amines is 1. The van der Waals surface area contributed by atoms with Crippen molar-refractivity contribution in [2.75, 3.05) is 31.1 Å². The number of nitrogens with one attached hydrogen (secondary N) is 1. The maximum absolute atomic E-state index is 12.8. The molecule has 180 valence electrons. The summed E-state index contributed by atoms with van der Waals surface area (Å²) in [6, 6.07) is 6.47. The number of aromatic nitrogens is 4. The second-order valence-corrected chi connectivity index (χ2v) is 9.16. The fraction of sp³-hybridized carbons (Fsp3) is 0.520. The number of hydrogen-bond donors (Lipinski definition) is 2. The van der Waals surface area contributed by atoms with Crippen LogP contribution in [0, 0.1) is 0 Å². The molecule has 0 bridgehead atoms. The maximum Gasteiger partial charge on any atom is 0.222 e. The van der Waals surface area contributed by atoms with Gasteiger partial charge in [0.2, 0.25) is 5.91 Å². The van der Waals surface area contributed by atoms with Gasteiger partial charge in [0.05, 0.1) is 12.4 Å². The lowest BCUT2D eigenvalue weighted by Gasteiger charge is -2.31. The van der Waals surface area contributed by atoms with E-state index in [0.29, 0.717) is 31.8 Å². The lowest BCUT2D eigenvalue weighted by Crippen LogP contribution is -2.37. The second-order valence-electron chi connectivity index (χ2n) is 9.16. The van der Waals surface area contributed by atoms with Crippen molar-refractivity contribution in [1.82, 2.24) is 24.8 Å². The van der Waals surface area contributed by atoms with Crippen molar-refractivity contribution < 1.29 is 9.53 Å². The zero-order chi connectivity index (χ0) is 23.3. The van der Waals surface area contributed by atoms with Crippen LogP contribution in [0.5, 0.6) is 5.75 Å². The summed E-state index contributed by atoms with van der Waals surface area (Å²) < 4.78 is 6.41. The minimum atomic E-state index is 0.223. The highest BCUT2D eigenvalue weighted by Gasteiger charge is 2.29. The van der Waals surface area contributed by atoms with Gasteiger partial charge >= 0.3 is 0 Å². The smallest absolute Gasteiger partial charge is 0.222 e. The largest absolute Gasteiger partial charge is 0.491 e. The Balaban J connectivity index is 1.25. The van der Waals surface area contributed by atoms with Crippen LogP contribution in [0.4, 0.5) is 5.82 Å². The van der Waals surface area contributed by atoms with Gasteiger partial charge in [-0.1, -0.05) is 18.6 Å². The van der Waals surface area contributed by atoms with Crippen LogP contribution >= 0.6 is 0 Å². The van der Waals surface area contributed by atoms with E-state index in [0.717, 1.165) is 74.3 Å². The molecule has 3 N–H and O–H groups in total. The fourth-order valence-corrected chi connectivity index (χ4v) is 5.10. The fourth-order valence-electron chi connectivity index (χ4n) is 5.10. The van der Waals surface area contributed by atoms with E-state index in [2.05, 4.69) is 37.0 Å². The van der Waals surface area contributed by atoms with Gasteiger partial charge in [-0.15, -0.1) is 0 Å². The summed E-state index contributed by atoms with van der Waals surface area (Å²) in [6.07, 6.45) is 9.72. The number of carbonyl (C=O) groups excluding carboxylic acids is 1. The number of unbranched alkanes of at least 4 members (excludes halogenated alkanes) is 2. The standard InChI is InChI=1S/C25H33N7O2/c26-11-3-1-2-9-22(33)31-13-10-18-6-4-8-21(20(18)14-31)34-15-19-7-5-12-32(19)25-23-24(28-16-27-23)29-17-30-25/h4,6,8,16-17,19H,1-3,5,7,9-15,26H2,(H,27,28,29,30)/t19-/m1/s1. The average molecular weight is 464 g/mol. The Morgan fingerprint density at radius 2 is 2.12 bits per heavy atom. The molecule has 9 heteroatoms. The summed E-state index contributed by atoms with van der Waals surface area (Å²) in [5, 5.41) is 0. The number of carbonyl (C=O) groups is 1. The molecule has 1 amide bonds. The molecule has 4 heterocycles. The van der Waals surface area contributed by atoms with Crippen molar-refractivity contribution in [3.05, 3.63) is 42.0 Å². The van der Waals surface area contributed by atoms with Crippen LogP contribution in [0.15, 0.2) is 30.9 Å². The first-order valence-corrected chi connectivity index (χ1v) is 12.4. The van der Waals surface area contributed by atoms with E-state index in [4.69, 9.17) is 10.5 Å². The number of nitrogens with two attached hydrogens (primary N) is 1. The zero-order valence-electron chi connectivity index (χ0n) is 19.6. The minimum Gasteiger partial charge on any atom is -0.491 e. The van der Waals surface area contributed by atoms with Crippen molar-refractivity contribution >= 4 is 22.9 Å². The lowest BCUT2D eigenvalue weighted by atomic mass is 9.98. The summed E-state index contributed by atoms with van der Waals surface area (Å²) in [4.78, 5) is 33.3. The summed E-state index contributed by atoms with van der Waals surface area (Å²) in [7, 11) is 0. The molecule has 3 aromatic rings. The summed E-state index contributed by atoms with van der Waals surface area (Å²) in [6.45, 7) is 3.59. The number of imidazole rings is 1. The zero-order valence-corrected chi connectivity index (χ0v) is 19.6. The molecule has 0 aliphatic carbocycles.